The summed E-state index contributed by atoms with van der Waals surface area (Å²) in [4.78, 5) is 21.8. The van der Waals surface area contributed by atoms with Crippen LogP contribution in [0.1, 0.15) is 29.3 Å². The standard InChI is InChI=1S/C11H13NO3/c1-3-10(13)12-8-4-5-9(11(14)15)7(2)6-8/h4-6H,3H2,1-2H3,(H,12,13)(H,14,15). The maximum Gasteiger partial charge on any atom is 0.335 e. The van der Waals surface area contributed by atoms with Crippen molar-refractivity contribution in [1.82, 2.24) is 0 Å². The molecule has 80 valence electrons. The van der Waals surface area contributed by atoms with Crippen molar-refractivity contribution in [2.24, 2.45) is 0 Å². The van der Waals surface area contributed by atoms with E-state index in [1.54, 1.807) is 26.0 Å². The highest BCUT2D eigenvalue weighted by molar-refractivity contribution is 5.93. The molecule has 0 atom stereocenters. The van der Waals surface area contributed by atoms with E-state index in [9.17, 15) is 9.59 Å². The average molecular weight is 207 g/mol. The van der Waals surface area contributed by atoms with E-state index >= 15 is 0 Å². The van der Waals surface area contributed by atoms with Gasteiger partial charge >= 0.3 is 5.97 Å². The van der Waals surface area contributed by atoms with Crippen molar-refractivity contribution >= 4 is 17.6 Å². The third-order valence-electron chi connectivity index (χ3n) is 2.06. The number of aryl methyl sites for hydroxylation is 1. The third-order valence-corrected chi connectivity index (χ3v) is 2.06. The van der Waals surface area contributed by atoms with E-state index in [4.69, 9.17) is 5.11 Å². The molecule has 4 nitrogen and oxygen atoms in total. The van der Waals surface area contributed by atoms with E-state index in [0.29, 0.717) is 17.7 Å². The predicted octanol–water partition coefficient (Wildman–Crippen LogP) is 2.04. The smallest absolute Gasteiger partial charge is 0.335 e. The minimum Gasteiger partial charge on any atom is -0.478 e. The number of carbonyl (C=O) groups is 2. The normalized spacial score (nSPS) is 9.73. The largest absolute Gasteiger partial charge is 0.478 e. The van der Waals surface area contributed by atoms with Gasteiger partial charge in [0.1, 0.15) is 0 Å². The molecule has 0 aliphatic carbocycles. The van der Waals surface area contributed by atoms with Crippen molar-refractivity contribution in [3.05, 3.63) is 29.3 Å². The Bertz CT molecular complexity index is 399. The number of aromatic carboxylic acids is 1. The molecular weight excluding hydrogens is 194 g/mol. The average Bonchev–Trinajstić information content (AvgIpc) is 2.17. The summed E-state index contributed by atoms with van der Waals surface area (Å²) in [6, 6.07) is 4.73. The second-order valence-corrected chi connectivity index (χ2v) is 3.24. The van der Waals surface area contributed by atoms with Crippen LogP contribution in [0.15, 0.2) is 18.2 Å². The summed E-state index contributed by atoms with van der Waals surface area (Å²) in [7, 11) is 0. The SMILES string of the molecule is CCC(=O)Nc1ccc(C(=O)O)c(C)c1. The van der Waals surface area contributed by atoms with Crippen molar-refractivity contribution in [3.63, 3.8) is 0 Å². The molecule has 15 heavy (non-hydrogen) atoms. The first-order chi connectivity index (χ1) is 7.04. The fraction of sp³-hybridized carbons (Fsp3) is 0.273. The number of carboxylic acids is 1. The van der Waals surface area contributed by atoms with Gasteiger partial charge in [-0.2, -0.15) is 0 Å². The van der Waals surface area contributed by atoms with Gasteiger partial charge in [-0.05, 0) is 30.7 Å². The highest BCUT2D eigenvalue weighted by Crippen LogP contribution is 2.15. The summed E-state index contributed by atoms with van der Waals surface area (Å²) >= 11 is 0. The first kappa shape index (κ1) is 11.2. The summed E-state index contributed by atoms with van der Waals surface area (Å²) < 4.78 is 0. The quantitative estimate of drug-likeness (QED) is 0.797. The summed E-state index contributed by atoms with van der Waals surface area (Å²) in [5, 5.41) is 11.5. The first-order valence-corrected chi connectivity index (χ1v) is 4.68. The number of amides is 1. The van der Waals surface area contributed by atoms with Crippen LogP contribution in [0.3, 0.4) is 0 Å². The molecule has 4 heteroatoms. The molecule has 1 aromatic carbocycles. The summed E-state index contributed by atoms with van der Waals surface area (Å²) in [5.41, 5.74) is 1.52. The highest BCUT2D eigenvalue weighted by Gasteiger charge is 2.07. The van der Waals surface area contributed by atoms with Gasteiger partial charge < -0.3 is 10.4 Å². The number of carboxylic acid groups (broad SMARTS) is 1. The Morgan fingerprint density at radius 3 is 2.53 bits per heavy atom. The zero-order chi connectivity index (χ0) is 11.4. The van der Waals surface area contributed by atoms with Gasteiger partial charge in [0, 0.05) is 12.1 Å². The number of nitrogens with one attached hydrogen (secondary N) is 1. The number of benzene rings is 1. The molecule has 0 aliphatic rings. The second-order valence-electron chi connectivity index (χ2n) is 3.24. The van der Waals surface area contributed by atoms with Gasteiger partial charge in [-0.3, -0.25) is 4.79 Å². The van der Waals surface area contributed by atoms with Crippen molar-refractivity contribution in [3.8, 4) is 0 Å². The molecule has 0 saturated heterocycles. The summed E-state index contributed by atoms with van der Waals surface area (Å²) in [5.74, 6) is -1.04. The molecule has 0 bridgehead atoms. The van der Waals surface area contributed by atoms with Gasteiger partial charge in [-0.1, -0.05) is 6.92 Å². The Hall–Kier alpha value is -1.84. The van der Waals surface area contributed by atoms with Gasteiger partial charge in [0.2, 0.25) is 5.91 Å². The molecule has 0 radical (unpaired) electrons. The third kappa shape index (κ3) is 2.80. The molecule has 1 rings (SSSR count). The fourth-order valence-electron chi connectivity index (χ4n) is 1.23. The Morgan fingerprint density at radius 1 is 1.40 bits per heavy atom. The Kier molecular flexibility index (Phi) is 3.44. The lowest BCUT2D eigenvalue weighted by molar-refractivity contribution is -0.115. The molecule has 0 heterocycles. The second kappa shape index (κ2) is 4.59. The Labute approximate surface area is 87.9 Å². The Balaban J connectivity index is 2.91. The van der Waals surface area contributed by atoms with Gasteiger partial charge in [0.15, 0.2) is 0 Å². The summed E-state index contributed by atoms with van der Waals surface area (Å²) in [6.45, 7) is 3.46. The molecule has 0 saturated carbocycles. The minimum absolute atomic E-state index is 0.0857. The van der Waals surface area contributed by atoms with Crippen molar-refractivity contribution in [2.45, 2.75) is 20.3 Å². The lowest BCUT2D eigenvalue weighted by Crippen LogP contribution is -2.10. The van der Waals surface area contributed by atoms with E-state index in [2.05, 4.69) is 5.32 Å². The molecule has 0 fully saturated rings. The molecular formula is C11H13NO3. The predicted molar refractivity (Wildman–Crippen MR) is 57.1 cm³/mol. The topological polar surface area (TPSA) is 66.4 Å². The highest BCUT2D eigenvalue weighted by atomic mass is 16.4. The molecule has 0 spiro atoms. The lowest BCUT2D eigenvalue weighted by Gasteiger charge is -2.06. The van der Waals surface area contributed by atoms with Crippen LogP contribution in [0.2, 0.25) is 0 Å². The van der Waals surface area contributed by atoms with Crippen LogP contribution in [-0.2, 0) is 4.79 Å². The minimum atomic E-state index is -0.958. The van der Waals surface area contributed by atoms with Crippen LogP contribution >= 0.6 is 0 Å². The number of anilines is 1. The first-order valence-electron chi connectivity index (χ1n) is 4.68. The molecule has 2 N–H and O–H groups in total. The zero-order valence-electron chi connectivity index (χ0n) is 8.70. The van der Waals surface area contributed by atoms with Crippen LogP contribution in [0, 0.1) is 6.92 Å². The fourth-order valence-corrected chi connectivity index (χ4v) is 1.23. The molecule has 1 amide bonds. The van der Waals surface area contributed by atoms with Gasteiger partial charge in [-0.25, -0.2) is 4.79 Å². The van der Waals surface area contributed by atoms with E-state index in [1.165, 1.54) is 6.07 Å². The van der Waals surface area contributed by atoms with Gasteiger partial charge in [-0.15, -0.1) is 0 Å². The number of hydrogen-bond acceptors (Lipinski definition) is 2. The number of hydrogen-bond donors (Lipinski definition) is 2. The Morgan fingerprint density at radius 2 is 2.07 bits per heavy atom. The number of carbonyl (C=O) groups excluding carboxylic acids is 1. The molecule has 0 aliphatic heterocycles. The van der Waals surface area contributed by atoms with Crippen LogP contribution < -0.4 is 5.32 Å². The molecule has 1 aromatic rings. The van der Waals surface area contributed by atoms with Crippen molar-refractivity contribution in [1.29, 1.82) is 0 Å². The van der Waals surface area contributed by atoms with Crippen molar-refractivity contribution < 1.29 is 14.7 Å². The monoisotopic (exact) mass is 207 g/mol. The van der Waals surface area contributed by atoms with E-state index in [1.807, 2.05) is 0 Å². The van der Waals surface area contributed by atoms with Crippen LogP contribution in [0.25, 0.3) is 0 Å². The van der Waals surface area contributed by atoms with Crippen LogP contribution in [0.5, 0.6) is 0 Å². The van der Waals surface area contributed by atoms with Crippen molar-refractivity contribution in [2.75, 3.05) is 5.32 Å². The van der Waals surface area contributed by atoms with Gasteiger partial charge in [0.25, 0.3) is 0 Å². The lowest BCUT2D eigenvalue weighted by atomic mass is 10.1. The van der Waals surface area contributed by atoms with E-state index in [0.717, 1.165) is 0 Å². The zero-order valence-corrected chi connectivity index (χ0v) is 8.70. The summed E-state index contributed by atoms with van der Waals surface area (Å²) in [6.07, 6.45) is 0.403. The maximum absolute atomic E-state index is 11.1. The maximum atomic E-state index is 11.1. The van der Waals surface area contributed by atoms with E-state index in [-0.39, 0.29) is 11.5 Å². The molecule has 0 aromatic heterocycles. The van der Waals surface area contributed by atoms with E-state index < -0.39 is 5.97 Å². The van der Waals surface area contributed by atoms with Crippen LogP contribution in [0.4, 0.5) is 5.69 Å². The van der Waals surface area contributed by atoms with Crippen LogP contribution in [-0.4, -0.2) is 17.0 Å². The number of rotatable bonds is 3. The molecule has 0 unspecified atom stereocenters. The van der Waals surface area contributed by atoms with Gasteiger partial charge in [0.05, 0.1) is 5.56 Å².